The molecule has 0 unspecified atom stereocenters. The minimum Gasteiger partial charge on any atom is -0.350 e. The highest BCUT2D eigenvalue weighted by Crippen LogP contribution is 2.40. The largest absolute Gasteiger partial charge is 0.453 e. The molecule has 5 rings (SSSR count). The SMILES string of the molecule is Cc1nc(C)c(C(=O)c2c(-c3ccc(Br)cn3)noc2C(F)(F)F)cc1C(=O)c1c(-c2ccc(Br)cn2)noc1C(F)(F)F. The maximum absolute atomic E-state index is 13.9. The summed E-state index contributed by atoms with van der Waals surface area (Å²) in [6, 6.07) is 6.33. The number of nitrogens with zero attached hydrogens (tertiary/aromatic N) is 5. The second kappa shape index (κ2) is 11.4. The number of carbonyl (C=O) groups excluding carboxylic acids is 2. The highest BCUT2D eigenvalue weighted by atomic mass is 79.9. The van der Waals surface area contributed by atoms with Gasteiger partial charge in [0.25, 0.3) is 11.5 Å². The van der Waals surface area contributed by atoms with Crippen LogP contribution in [0.1, 0.15) is 54.8 Å². The van der Waals surface area contributed by atoms with E-state index >= 15 is 0 Å². The number of carbonyl (C=O) groups is 2. The standard InChI is InChI=1S/C27H13Br2F6N5O4/c1-10-14(22(41)18-20(16-5-3-12(28)8-36-16)39-43-24(18)26(30,31)32)7-15(11(2)38-10)23(42)19-21(17-6-4-13(29)9-37-17)40-44-25(19)27(33,34)35/h3-9H,1-2H3. The molecule has 17 heteroatoms. The van der Waals surface area contributed by atoms with Gasteiger partial charge in [0.2, 0.25) is 11.6 Å². The Morgan fingerprint density at radius 2 is 1.07 bits per heavy atom. The van der Waals surface area contributed by atoms with E-state index in [0.29, 0.717) is 8.95 Å². The minimum atomic E-state index is -5.17. The second-order valence-corrected chi connectivity index (χ2v) is 10.9. The number of aromatic nitrogens is 5. The Morgan fingerprint density at radius 3 is 1.39 bits per heavy atom. The van der Waals surface area contributed by atoms with Gasteiger partial charge in [0, 0.05) is 43.9 Å². The van der Waals surface area contributed by atoms with E-state index in [1.807, 2.05) is 0 Å². The predicted octanol–water partition coefficient (Wildman–Crippen LogP) is 7.82. The molecule has 0 N–H and O–H groups in total. The third-order valence-electron chi connectivity index (χ3n) is 6.19. The molecule has 5 aromatic heterocycles. The summed E-state index contributed by atoms with van der Waals surface area (Å²) in [5, 5.41) is 6.86. The van der Waals surface area contributed by atoms with Gasteiger partial charge < -0.3 is 9.05 Å². The third kappa shape index (κ3) is 5.80. The smallest absolute Gasteiger partial charge is 0.350 e. The van der Waals surface area contributed by atoms with Gasteiger partial charge in [0.15, 0.2) is 0 Å². The van der Waals surface area contributed by atoms with Crippen molar-refractivity contribution in [1.29, 1.82) is 0 Å². The normalized spacial score (nSPS) is 12.0. The first kappa shape index (κ1) is 31.2. The first-order valence-electron chi connectivity index (χ1n) is 12.0. The highest BCUT2D eigenvalue weighted by molar-refractivity contribution is 9.10. The van der Waals surface area contributed by atoms with Gasteiger partial charge in [0.05, 0.1) is 11.4 Å². The number of hydrogen-bond acceptors (Lipinski definition) is 9. The van der Waals surface area contributed by atoms with Crippen molar-refractivity contribution in [1.82, 2.24) is 25.3 Å². The lowest BCUT2D eigenvalue weighted by Crippen LogP contribution is -2.17. The van der Waals surface area contributed by atoms with Crippen LogP contribution in [0.3, 0.4) is 0 Å². The molecule has 0 saturated carbocycles. The molecule has 9 nitrogen and oxygen atoms in total. The van der Waals surface area contributed by atoms with Crippen molar-refractivity contribution in [3.63, 3.8) is 0 Å². The van der Waals surface area contributed by atoms with E-state index < -0.39 is 69.1 Å². The average Bonchev–Trinajstić information content (AvgIpc) is 3.59. The van der Waals surface area contributed by atoms with Gasteiger partial charge in [-0.25, -0.2) is 0 Å². The molecule has 226 valence electrons. The number of alkyl halides is 6. The molecule has 0 aliphatic carbocycles. The Labute approximate surface area is 258 Å². The lowest BCUT2D eigenvalue weighted by atomic mass is 9.93. The van der Waals surface area contributed by atoms with Crippen LogP contribution in [0.25, 0.3) is 22.8 Å². The summed E-state index contributed by atoms with van der Waals surface area (Å²) in [4.78, 5) is 39.6. The van der Waals surface area contributed by atoms with Gasteiger partial charge in [-0.05, 0) is 76.0 Å². The average molecular weight is 745 g/mol. The monoisotopic (exact) mass is 743 g/mol. The van der Waals surface area contributed by atoms with Crippen LogP contribution in [-0.4, -0.2) is 36.8 Å². The van der Waals surface area contributed by atoms with Gasteiger partial charge in [-0.15, -0.1) is 0 Å². The second-order valence-electron chi connectivity index (χ2n) is 9.10. The Bertz CT molecular complexity index is 1780. The molecule has 44 heavy (non-hydrogen) atoms. The van der Waals surface area contributed by atoms with Gasteiger partial charge in [-0.2, -0.15) is 26.3 Å². The summed E-state index contributed by atoms with van der Waals surface area (Å²) in [6.07, 6.45) is -7.83. The van der Waals surface area contributed by atoms with Gasteiger partial charge in [0.1, 0.15) is 22.5 Å². The lowest BCUT2D eigenvalue weighted by molar-refractivity contribution is -0.156. The first-order chi connectivity index (χ1) is 20.6. The summed E-state index contributed by atoms with van der Waals surface area (Å²) >= 11 is 6.30. The summed E-state index contributed by atoms with van der Waals surface area (Å²) in [6.45, 7) is 2.56. The molecule has 0 aliphatic rings. The zero-order valence-electron chi connectivity index (χ0n) is 21.9. The van der Waals surface area contributed by atoms with E-state index in [0.717, 1.165) is 6.07 Å². The Kier molecular flexibility index (Phi) is 8.04. The molecule has 0 atom stereocenters. The number of aryl methyl sites for hydroxylation is 2. The summed E-state index contributed by atoms with van der Waals surface area (Å²) in [5.74, 6) is -6.10. The zero-order chi connectivity index (χ0) is 32.1. The summed E-state index contributed by atoms with van der Waals surface area (Å²) in [7, 11) is 0. The zero-order valence-corrected chi connectivity index (χ0v) is 25.1. The van der Waals surface area contributed by atoms with Crippen molar-refractivity contribution < 1.29 is 45.0 Å². The fraction of sp³-hybridized carbons (Fsp3) is 0.148. The minimum absolute atomic E-state index is 0.121. The molecule has 0 aliphatic heterocycles. The van der Waals surface area contributed by atoms with Crippen molar-refractivity contribution >= 4 is 43.4 Å². The number of rotatable bonds is 6. The lowest BCUT2D eigenvalue weighted by Gasteiger charge is -2.12. The highest BCUT2D eigenvalue weighted by Gasteiger charge is 2.45. The Morgan fingerprint density at radius 1 is 0.682 bits per heavy atom. The quantitative estimate of drug-likeness (QED) is 0.126. The molecule has 0 fully saturated rings. The molecular formula is C27H13Br2F6N5O4. The van der Waals surface area contributed by atoms with E-state index in [2.05, 4.69) is 66.2 Å². The topological polar surface area (TPSA) is 125 Å². The number of halogens is 8. The molecule has 0 amide bonds. The van der Waals surface area contributed by atoms with E-state index in [1.54, 1.807) is 0 Å². The van der Waals surface area contributed by atoms with Crippen molar-refractivity contribution in [2.24, 2.45) is 0 Å². The number of ketones is 2. The number of pyridine rings is 3. The number of hydrogen-bond donors (Lipinski definition) is 0. The Hall–Kier alpha value is -4.25. The van der Waals surface area contributed by atoms with Gasteiger partial charge in [-0.3, -0.25) is 24.5 Å². The summed E-state index contributed by atoms with van der Waals surface area (Å²) in [5.41, 5.74) is -4.74. The maximum Gasteiger partial charge on any atom is 0.453 e. The third-order valence-corrected chi connectivity index (χ3v) is 7.12. The van der Waals surface area contributed by atoms with E-state index in [-0.39, 0.29) is 22.8 Å². The van der Waals surface area contributed by atoms with E-state index in [4.69, 9.17) is 0 Å². The maximum atomic E-state index is 13.9. The van der Waals surface area contributed by atoms with Crippen molar-refractivity contribution in [3.8, 4) is 22.8 Å². The fourth-order valence-corrected chi connectivity index (χ4v) is 4.69. The van der Waals surface area contributed by atoms with Crippen molar-refractivity contribution in [2.75, 3.05) is 0 Å². The Balaban J connectivity index is 1.69. The molecular weight excluding hydrogens is 732 g/mol. The van der Waals surface area contributed by atoms with Crippen molar-refractivity contribution in [2.45, 2.75) is 26.2 Å². The molecule has 0 bridgehead atoms. The molecule has 0 aromatic carbocycles. The van der Waals surface area contributed by atoms with Crippen molar-refractivity contribution in [3.05, 3.63) is 96.8 Å². The van der Waals surface area contributed by atoms with Crippen LogP contribution >= 0.6 is 31.9 Å². The summed E-state index contributed by atoms with van der Waals surface area (Å²) < 4.78 is 93.7. The van der Waals surface area contributed by atoms with Crippen LogP contribution in [0.5, 0.6) is 0 Å². The molecule has 0 saturated heterocycles. The first-order valence-corrected chi connectivity index (χ1v) is 13.6. The van der Waals surface area contributed by atoms with Crippen LogP contribution in [-0.2, 0) is 12.4 Å². The molecule has 0 spiro atoms. The fourth-order valence-electron chi connectivity index (χ4n) is 4.22. The van der Waals surface area contributed by atoms with Gasteiger partial charge in [-0.1, -0.05) is 10.3 Å². The predicted molar refractivity (Wildman–Crippen MR) is 145 cm³/mol. The van der Waals surface area contributed by atoms with E-state index in [1.165, 1.54) is 50.5 Å². The van der Waals surface area contributed by atoms with Crippen LogP contribution in [0.2, 0.25) is 0 Å². The van der Waals surface area contributed by atoms with Crippen LogP contribution < -0.4 is 0 Å². The van der Waals surface area contributed by atoms with E-state index in [9.17, 15) is 35.9 Å². The van der Waals surface area contributed by atoms with Gasteiger partial charge >= 0.3 is 12.4 Å². The van der Waals surface area contributed by atoms with Crippen LogP contribution in [0, 0.1) is 13.8 Å². The van der Waals surface area contributed by atoms with Crippen LogP contribution in [0.4, 0.5) is 26.3 Å². The molecule has 5 heterocycles. The van der Waals surface area contributed by atoms with Crippen LogP contribution in [0.15, 0.2) is 60.7 Å². The molecule has 5 aromatic rings. The molecule has 0 radical (unpaired) electrons.